The van der Waals surface area contributed by atoms with E-state index in [0.717, 1.165) is 9.75 Å². The molecule has 0 saturated carbocycles. The smallest absolute Gasteiger partial charge is 0.211 e. The first-order valence-electron chi connectivity index (χ1n) is 4.89. The van der Waals surface area contributed by atoms with Crippen molar-refractivity contribution in [3.8, 4) is 0 Å². The predicted octanol–water partition coefficient (Wildman–Crippen LogP) is 2.30. The summed E-state index contributed by atoms with van der Waals surface area (Å²) in [6.07, 6.45) is 0. The van der Waals surface area contributed by atoms with Gasteiger partial charge in [0.15, 0.2) is 0 Å². The molecule has 0 aliphatic heterocycles. The molecule has 0 atom stereocenters. The van der Waals surface area contributed by atoms with Crippen molar-refractivity contribution in [2.75, 3.05) is 6.54 Å². The summed E-state index contributed by atoms with van der Waals surface area (Å²) in [6.45, 7) is 8.19. The lowest BCUT2D eigenvalue weighted by Crippen LogP contribution is -2.27. The molecule has 0 unspecified atom stereocenters. The average molecular weight is 247 g/mol. The highest BCUT2D eigenvalue weighted by Gasteiger charge is 2.18. The van der Waals surface area contributed by atoms with Crippen LogP contribution in [0.25, 0.3) is 0 Å². The summed E-state index contributed by atoms with van der Waals surface area (Å²) >= 11 is 1.51. The zero-order chi connectivity index (χ0) is 11.6. The number of hydrogen-bond donors (Lipinski definition) is 1. The fourth-order valence-corrected chi connectivity index (χ4v) is 4.00. The minimum atomic E-state index is -3.30. The molecule has 0 aliphatic carbocycles. The van der Waals surface area contributed by atoms with Crippen molar-refractivity contribution in [3.63, 3.8) is 0 Å². The fourth-order valence-electron chi connectivity index (χ4n) is 1.23. The van der Waals surface area contributed by atoms with E-state index in [4.69, 9.17) is 0 Å². The van der Waals surface area contributed by atoms with Crippen molar-refractivity contribution >= 4 is 21.4 Å². The minimum absolute atomic E-state index is 0.319. The molecule has 1 heterocycles. The Morgan fingerprint density at radius 1 is 1.40 bits per heavy atom. The van der Waals surface area contributed by atoms with Gasteiger partial charge in [0, 0.05) is 16.3 Å². The van der Waals surface area contributed by atoms with Crippen LogP contribution in [0.4, 0.5) is 0 Å². The average Bonchev–Trinajstić information content (AvgIpc) is 2.43. The van der Waals surface area contributed by atoms with Gasteiger partial charge in [-0.25, -0.2) is 13.1 Å². The quantitative estimate of drug-likeness (QED) is 0.887. The maximum atomic E-state index is 11.9. The Morgan fingerprint density at radius 2 is 2.00 bits per heavy atom. The molecular weight excluding hydrogens is 230 g/mol. The first-order chi connectivity index (χ1) is 6.83. The number of thiophene rings is 1. The van der Waals surface area contributed by atoms with E-state index in [-0.39, 0.29) is 0 Å². The molecule has 0 amide bonds. The van der Waals surface area contributed by atoms with Gasteiger partial charge in [-0.3, -0.25) is 0 Å². The standard InChI is InChI=1S/C10H17NO2S2/c1-7(2)6-11-15(12,13)10-5-8(3)14-9(10)4/h5,7,11H,6H2,1-4H3. The summed E-state index contributed by atoms with van der Waals surface area (Å²) < 4.78 is 26.3. The van der Waals surface area contributed by atoms with Gasteiger partial charge in [0.25, 0.3) is 0 Å². The van der Waals surface area contributed by atoms with Gasteiger partial charge < -0.3 is 0 Å². The third-order valence-electron chi connectivity index (χ3n) is 1.97. The van der Waals surface area contributed by atoms with E-state index >= 15 is 0 Å². The van der Waals surface area contributed by atoms with Crippen molar-refractivity contribution in [2.45, 2.75) is 32.6 Å². The Balaban J connectivity index is 2.91. The van der Waals surface area contributed by atoms with Crippen LogP contribution in [0, 0.1) is 19.8 Å². The van der Waals surface area contributed by atoms with Crippen molar-refractivity contribution in [3.05, 3.63) is 15.8 Å². The normalized spacial score (nSPS) is 12.3. The molecule has 3 nitrogen and oxygen atoms in total. The first kappa shape index (κ1) is 12.7. The monoisotopic (exact) mass is 247 g/mol. The van der Waals surface area contributed by atoms with Gasteiger partial charge in [-0.1, -0.05) is 13.8 Å². The lowest BCUT2D eigenvalue weighted by Gasteiger charge is -2.07. The second-order valence-corrected chi connectivity index (χ2v) is 7.22. The van der Waals surface area contributed by atoms with Crippen LogP contribution in [0.1, 0.15) is 23.6 Å². The van der Waals surface area contributed by atoms with Crippen LogP contribution in [0.15, 0.2) is 11.0 Å². The summed E-state index contributed by atoms with van der Waals surface area (Å²) in [4.78, 5) is 2.30. The summed E-state index contributed by atoms with van der Waals surface area (Å²) in [5.74, 6) is 0.319. The van der Waals surface area contributed by atoms with E-state index in [1.807, 2.05) is 27.7 Å². The highest BCUT2D eigenvalue weighted by Crippen LogP contribution is 2.24. The third-order valence-corrected chi connectivity index (χ3v) is 4.61. The number of rotatable bonds is 4. The van der Waals surface area contributed by atoms with Crippen molar-refractivity contribution < 1.29 is 8.42 Å². The van der Waals surface area contributed by atoms with E-state index in [9.17, 15) is 8.42 Å². The summed E-state index contributed by atoms with van der Waals surface area (Å²) in [7, 11) is -3.30. The van der Waals surface area contributed by atoms with E-state index in [1.54, 1.807) is 6.07 Å². The van der Waals surface area contributed by atoms with E-state index in [0.29, 0.717) is 17.4 Å². The second-order valence-electron chi connectivity index (χ2n) is 4.02. The van der Waals surface area contributed by atoms with Gasteiger partial charge in [0.1, 0.15) is 0 Å². The van der Waals surface area contributed by atoms with Crippen LogP contribution in [0.3, 0.4) is 0 Å². The lowest BCUT2D eigenvalue weighted by atomic mass is 10.2. The first-order valence-corrected chi connectivity index (χ1v) is 7.19. The Bertz CT molecular complexity index is 432. The predicted molar refractivity (Wildman–Crippen MR) is 63.8 cm³/mol. The summed E-state index contributed by atoms with van der Waals surface area (Å²) in [6, 6.07) is 1.72. The van der Waals surface area contributed by atoms with Gasteiger partial charge in [-0.15, -0.1) is 11.3 Å². The maximum Gasteiger partial charge on any atom is 0.241 e. The lowest BCUT2D eigenvalue weighted by molar-refractivity contribution is 0.560. The van der Waals surface area contributed by atoms with Gasteiger partial charge in [0.05, 0.1) is 4.90 Å². The van der Waals surface area contributed by atoms with Crippen molar-refractivity contribution in [1.29, 1.82) is 0 Å². The van der Waals surface area contributed by atoms with Crippen LogP contribution in [0.2, 0.25) is 0 Å². The molecule has 15 heavy (non-hydrogen) atoms. The Labute approximate surface area is 95.6 Å². The summed E-state index contributed by atoms with van der Waals surface area (Å²) in [5, 5.41) is 0. The Kier molecular flexibility index (Phi) is 3.92. The molecule has 1 aromatic heterocycles. The van der Waals surface area contributed by atoms with Gasteiger partial charge >= 0.3 is 0 Å². The van der Waals surface area contributed by atoms with E-state index in [2.05, 4.69) is 4.72 Å². The highest BCUT2D eigenvalue weighted by atomic mass is 32.2. The molecule has 0 saturated heterocycles. The Morgan fingerprint density at radius 3 is 2.40 bits per heavy atom. The zero-order valence-corrected chi connectivity index (χ0v) is 11.1. The second kappa shape index (κ2) is 4.63. The molecule has 1 aromatic rings. The van der Waals surface area contributed by atoms with Crippen LogP contribution in [-0.4, -0.2) is 15.0 Å². The Hall–Kier alpha value is -0.390. The van der Waals surface area contributed by atoms with Gasteiger partial charge in [0.2, 0.25) is 10.0 Å². The SMILES string of the molecule is Cc1cc(S(=O)(=O)NCC(C)C)c(C)s1. The number of hydrogen-bond acceptors (Lipinski definition) is 3. The molecule has 1 N–H and O–H groups in total. The molecular formula is C10H17NO2S2. The molecule has 86 valence electrons. The van der Waals surface area contributed by atoms with Crippen LogP contribution in [-0.2, 0) is 10.0 Å². The minimum Gasteiger partial charge on any atom is -0.211 e. The molecule has 0 aromatic carbocycles. The molecule has 0 fully saturated rings. The topological polar surface area (TPSA) is 46.2 Å². The van der Waals surface area contributed by atoms with Crippen LogP contribution < -0.4 is 4.72 Å². The van der Waals surface area contributed by atoms with Crippen LogP contribution in [0.5, 0.6) is 0 Å². The molecule has 0 bridgehead atoms. The van der Waals surface area contributed by atoms with Crippen molar-refractivity contribution in [1.82, 2.24) is 4.72 Å². The van der Waals surface area contributed by atoms with Crippen molar-refractivity contribution in [2.24, 2.45) is 5.92 Å². The largest absolute Gasteiger partial charge is 0.241 e. The van der Waals surface area contributed by atoms with Gasteiger partial charge in [-0.05, 0) is 25.8 Å². The molecule has 0 aliphatic rings. The van der Waals surface area contributed by atoms with Crippen LogP contribution >= 0.6 is 11.3 Å². The number of nitrogens with one attached hydrogen (secondary N) is 1. The summed E-state index contributed by atoms with van der Waals surface area (Å²) in [5.41, 5.74) is 0. The number of aryl methyl sites for hydroxylation is 2. The maximum absolute atomic E-state index is 11.9. The third kappa shape index (κ3) is 3.29. The molecule has 0 radical (unpaired) electrons. The van der Waals surface area contributed by atoms with Gasteiger partial charge in [-0.2, -0.15) is 0 Å². The molecule has 5 heteroatoms. The molecule has 1 rings (SSSR count). The highest BCUT2D eigenvalue weighted by molar-refractivity contribution is 7.89. The number of sulfonamides is 1. The fraction of sp³-hybridized carbons (Fsp3) is 0.600. The van der Waals surface area contributed by atoms with E-state index < -0.39 is 10.0 Å². The zero-order valence-electron chi connectivity index (χ0n) is 9.49. The van der Waals surface area contributed by atoms with E-state index in [1.165, 1.54) is 11.3 Å². The molecule has 0 spiro atoms.